The van der Waals surface area contributed by atoms with Crippen molar-refractivity contribution in [3.63, 3.8) is 0 Å². The molecule has 2 amide bonds. The largest absolute Gasteiger partial charge is 0.340 e. The summed E-state index contributed by atoms with van der Waals surface area (Å²) in [7, 11) is 0. The monoisotopic (exact) mass is 391 g/mol. The zero-order valence-electron chi connectivity index (χ0n) is 16.9. The first-order valence-electron chi connectivity index (χ1n) is 10.7. The van der Waals surface area contributed by atoms with Crippen LogP contribution in [0.2, 0.25) is 0 Å². The number of hydrogen-bond acceptors (Lipinski definition) is 3. The average Bonchev–Trinajstić information content (AvgIpc) is 3.19. The van der Waals surface area contributed by atoms with Crippen LogP contribution in [0.25, 0.3) is 0 Å². The summed E-state index contributed by atoms with van der Waals surface area (Å²) in [6.45, 7) is 2.23. The predicted octanol–water partition coefficient (Wildman–Crippen LogP) is 3.24. The van der Waals surface area contributed by atoms with E-state index in [1.54, 1.807) is 12.4 Å². The molecular weight excluding hydrogens is 362 g/mol. The zero-order valence-corrected chi connectivity index (χ0v) is 16.9. The molecule has 152 valence electrons. The van der Waals surface area contributed by atoms with Crippen LogP contribution in [0, 0.1) is 0 Å². The Morgan fingerprint density at radius 3 is 2.38 bits per heavy atom. The fourth-order valence-electron chi connectivity index (χ4n) is 4.85. The lowest BCUT2D eigenvalue weighted by atomic mass is 9.85. The Labute approximate surface area is 172 Å². The lowest BCUT2D eigenvalue weighted by molar-refractivity contribution is -0.155. The van der Waals surface area contributed by atoms with Crippen LogP contribution in [0.3, 0.4) is 0 Å². The van der Waals surface area contributed by atoms with Crippen molar-refractivity contribution in [1.29, 1.82) is 0 Å². The zero-order chi connectivity index (χ0) is 20.1. The SMILES string of the molecule is O=C(CCc1ccncc1)N1CCCC12CCCN(CCc1ccccc1)C2=O. The number of carbonyl (C=O) groups excluding carboxylic acids is 2. The van der Waals surface area contributed by atoms with E-state index in [9.17, 15) is 9.59 Å². The highest BCUT2D eigenvalue weighted by atomic mass is 16.2. The second-order valence-corrected chi connectivity index (χ2v) is 8.17. The standard InChI is InChI=1S/C24H29N3O2/c28-22(9-8-21-10-15-25-16-11-21)27-18-5-14-24(27)13-4-17-26(23(24)29)19-12-20-6-2-1-3-7-20/h1-3,6-7,10-11,15-16H,4-5,8-9,12-14,17-19H2. The predicted molar refractivity (Wildman–Crippen MR) is 112 cm³/mol. The van der Waals surface area contributed by atoms with Crippen molar-refractivity contribution >= 4 is 11.8 Å². The molecule has 5 heteroatoms. The molecule has 1 atom stereocenters. The maximum absolute atomic E-state index is 13.5. The second-order valence-electron chi connectivity index (χ2n) is 8.17. The highest BCUT2D eigenvalue weighted by Crippen LogP contribution is 2.38. The van der Waals surface area contributed by atoms with Crippen LogP contribution in [0.15, 0.2) is 54.9 Å². The van der Waals surface area contributed by atoms with Gasteiger partial charge in [-0.15, -0.1) is 0 Å². The fraction of sp³-hybridized carbons (Fsp3) is 0.458. The Hall–Kier alpha value is -2.69. The first-order chi connectivity index (χ1) is 14.2. The Balaban J connectivity index is 1.42. The van der Waals surface area contributed by atoms with Gasteiger partial charge >= 0.3 is 0 Å². The molecule has 5 nitrogen and oxygen atoms in total. The van der Waals surface area contributed by atoms with Crippen molar-refractivity contribution < 1.29 is 9.59 Å². The highest BCUT2D eigenvalue weighted by molar-refractivity contribution is 5.92. The minimum atomic E-state index is -0.607. The van der Waals surface area contributed by atoms with Crippen molar-refractivity contribution in [1.82, 2.24) is 14.8 Å². The lowest BCUT2D eigenvalue weighted by Crippen LogP contribution is -2.61. The summed E-state index contributed by atoms with van der Waals surface area (Å²) in [5, 5.41) is 0. The summed E-state index contributed by atoms with van der Waals surface area (Å²) < 4.78 is 0. The summed E-state index contributed by atoms with van der Waals surface area (Å²) >= 11 is 0. The van der Waals surface area contributed by atoms with Gasteiger partial charge in [-0.25, -0.2) is 0 Å². The molecular formula is C24H29N3O2. The summed E-state index contributed by atoms with van der Waals surface area (Å²) in [6, 6.07) is 14.2. The molecule has 0 saturated carbocycles. The van der Waals surface area contributed by atoms with Gasteiger partial charge < -0.3 is 9.80 Å². The van der Waals surface area contributed by atoms with E-state index in [1.807, 2.05) is 40.1 Å². The number of piperidine rings is 1. The van der Waals surface area contributed by atoms with Gasteiger partial charge in [0.15, 0.2) is 0 Å². The molecule has 2 aromatic rings. The van der Waals surface area contributed by atoms with Gasteiger partial charge in [-0.05, 0) is 61.8 Å². The van der Waals surface area contributed by atoms with Crippen molar-refractivity contribution in [2.75, 3.05) is 19.6 Å². The minimum absolute atomic E-state index is 0.109. The van der Waals surface area contributed by atoms with Gasteiger partial charge in [0, 0.05) is 38.4 Å². The van der Waals surface area contributed by atoms with E-state index >= 15 is 0 Å². The average molecular weight is 392 g/mol. The number of benzene rings is 1. The van der Waals surface area contributed by atoms with Gasteiger partial charge in [0.05, 0.1) is 0 Å². The molecule has 0 N–H and O–H groups in total. The van der Waals surface area contributed by atoms with Crippen LogP contribution in [-0.4, -0.2) is 51.8 Å². The van der Waals surface area contributed by atoms with Gasteiger partial charge in [0.1, 0.15) is 5.54 Å². The number of likely N-dealkylation sites (tertiary alicyclic amines) is 2. The van der Waals surface area contributed by atoms with Gasteiger partial charge in [0.2, 0.25) is 11.8 Å². The number of amides is 2. The lowest BCUT2D eigenvalue weighted by Gasteiger charge is -2.44. The molecule has 0 aliphatic carbocycles. The Morgan fingerprint density at radius 1 is 0.931 bits per heavy atom. The number of pyridine rings is 1. The maximum atomic E-state index is 13.5. The molecule has 2 aliphatic heterocycles. The molecule has 29 heavy (non-hydrogen) atoms. The third kappa shape index (κ3) is 4.19. The summed E-state index contributed by atoms with van der Waals surface area (Å²) in [5.41, 5.74) is 1.75. The summed E-state index contributed by atoms with van der Waals surface area (Å²) in [5.74, 6) is 0.270. The van der Waals surface area contributed by atoms with E-state index in [0.29, 0.717) is 19.4 Å². The molecule has 1 unspecified atom stereocenters. The van der Waals surface area contributed by atoms with Crippen LogP contribution in [-0.2, 0) is 22.4 Å². The molecule has 1 spiro atoms. The molecule has 0 bridgehead atoms. The molecule has 2 fully saturated rings. The van der Waals surface area contributed by atoms with Crippen molar-refractivity contribution in [2.45, 2.75) is 50.5 Å². The van der Waals surface area contributed by atoms with Crippen LogP contribution >= 0.6 is 0 Å². The third-order valence-electron chi connectivity index (χ3n) is 6.38. The van der Waals surface area contributed by atoms with E-state index in [-0.39, 0.29) is 11.8 Å². The Morgan fingerprint density at radius 2 is 1.62 bits per heavy atom. The van der Waals surface area contributed by atoms with Crippen molar-refractivity contribution in [3.8, 4) is 0 Å². The van der Waals surface area contributed by atoms with E-state index in [0.717, 1.165) is 50.8 Å². The number of hydrogen-bond donors (Lipinski definition) is 0. The number of aryl methyl sites for hydroxylation is 1. The summed E-state index contributed by atoms with van der Waals surface area (Å²) in [6.07, 6.45) is 9.00. The molecule has 0 radical (unpaired) electrons. The van der Waals surface area contributed by atoms with E-state index < -0.39 is 5.54 Å². The first-order valence-corrected chi connectivity index (χ1v) is 10.7. The Bertz CT molecular complexity index is 840. The van der Waals surface area contributed by atoms with Crippen molar-refractivity contribution in [2.24, 2.45) is 0 Å². The van der Waals surface area contributed by atoms with Crippen LogP contribution in [0.5, 0.6) is 0 Å². The van der Waals surface area contributed by atoms with Gasteiger partial charge in [-0.3, -0.25) is 14.6 Å². The Kier molecular flexibility index (Phi) is 5.93. The quantitative estimate of drug-likeness (QED) is 0.760. The van der Waals surface area contributed by atoms with Gasteiger partial charge in [-0.2, -0.15) is 0 Å². The number of nitrogens with zero attached hydrogens (tertiary/aromatic N) is 3. The van der Waals surface area contributed by atoms with E-state index in [2.05, 4.69) is 17.1 Å². The fourth-order valence-corrected chi connectivity index (χ4v) is 4.85. The molecule has 3 heterocycles. The number of carbonyl (C=O) groups is 2. The normalized spacial score (nSPS) is 21.7. The smallest absolute Gasteiger partial charge is 0.248 e. The molecule has 4 rings (SSSR count). The second kappa shape index (κ2) is 8.76. The number of aromatic nitrogens is 1. The first kappa shape index (κ1) is 19.6. The van der Waals surface area contributed by atoms with E-state index in [1.165, 1.54) is 5.56 Å². The van der Waals surface area contributed by atoms with Gasteiger partial charge in [0.25, 0.3) is 0 Å². The number of rotatable bonds is 6. The molecule has 1 aromatic carbocycles. The summed E-state index contributed by atoms with van der Waals surface area (Å²) in [4.78, 5) is 34.5. The highest BCUT2D eigenvalue weighted by Gasteiger charge is 2.52. The molecule has 1 aromatic heterocycles. The van der Waals surface area contributed by atoms with Crippen LogP contribution < -0.4 is 0 Å². The van der Waals surface area contributed by atoms with Gasteiger partial charge in [-0.1, -0.05) is 30.3 Å². The molecule has 2 saturated heterocycles. The minimum Gasteiger partial charge on any atom is -0.340 e. The van der Waals surface area contributed by atoms with Crippen molar-refractivity contribution in [3.05, 3.63) is 66.0 Å². The van der Waals surface area contributed by atoms with E-state index in [4.69, 9.17) is 0 Å². The topological polar surface area (TPSA) is 53.5 Å². The molecule has 2 aliphatic rings. The maximum Gasteiger partial charge on any atom is 0.248 e. The third-order valence-corrected chi connectivity index (χ3v) is 6.38. The van der Waals surface area contributed by atoms with Crippen LogP contribution in [0.4, 0.5) is 0 Å². The van der Waals surface area contributed by atoms with Crippen LogP contribution in [0.1, 0.15) is 43.2 Å².